The molecular weight excluding hydrogens is 311 g/mol. The Balaban J connectivity index is 1.72. The van der Waals surface area contributed by atoms with E-state index in [1.165, 1.54) is 12.1 Å². The van der Waals surface area contributed by atoms with E-state index in [0.29, 0.717) is 18.0 Å². The Labute approximate surface area is 139 Å². The van der Waals surface area contributed by atoms with Crippen molar-refractivity contribution < 1.29 is 4.39 Å². The normalized spacial score (nSPS) is 11.1. The van der Waals surface area contributed by atoms with Gasteiger partial charge in [0.25, 0.3) is 0 Å². The summed E-state index contributed by atoms with van der Waals surface area (Å²) in [5.74, 6) is -0.222. The minimum Gasteiger partial charge on any atom is -0.283 e. The van der Waals surface area contributed by atoms with Crippen molar-refractivity contribution in [3.63, 3.8) is 0 Å². The molecule has 0 amide bonds. The van der Waals surface area contributed by atoms with Gasteiger partial charge in [-0.1, -0.05) is 30.3 Å². The second-order valence-corrected chi connectivity index (χ2v) is 5.77. The summed E-state index contributed by atoms with van der Waals surface area (Å²) >= 11 is 5.49. The van der Waals surface area contributed by atoms with Crippen molar-refractivity contribution in [3.8, 4) is 5.69 Å². The fraction of sp³-hybridized carbons (Fsp3) is 0.176. The third-order valence-electron chi connectivity index (χ3n) is 3.51. The molecule has 2 aromatic carbocycles. The first-order valence-corrected chi connectivity index (χ1v) is 7.67. The number of para-hydroxylation sites is 1. The topological polar surface area (TPSA) is 26.0 Å². The van der Waals surface area contributed by atoms with E-state index in [0.717, 1.165) is 11.3 Å². The lowest BCUT2D eigenvalue weighted by molar-refractivity contribution is 0.244. The third-order valence-corrected chi connectivity index (χ3v) is 3.92. The lowest BCUT2D eigenvalue weighted by Gasteiger charge is -2.16. The molecule has 118 valence electrons. The van der Waals surface area contributed by atoms with E-state index >= 15 is 0 Å². The number of hydrogen-bond donors (Lipinski definition) is 0. The monoisotopic (exact) mass is 328 g/mol. The minimum atomic E-state index is -0.222. The molecule has 23 heavy (non-hydrogen) atoms. The van der Waals surface area contributed by atoms with Crippen LogP contribution in [0.1, 0.15) is 5.56 Å². The molecule has 0 bridgehead atoms. The maximum atomic E-state index is 12.9. The summed E-state index contributed by atoms with van der Waals surface area (Å²) in [6.07, 6.45) is 1.73. The summed E-state index contributed by atoms with van der Waals surface area (Å²) < 4.78 is 17.2. The van der Waals surface area contributed by atoms with Crippen LogP contribution in [-0.2, 0) is 13.2 Å². The molecule has 1 heterocycles. The van der Waals surface area contributed by atoms with Gasteiger partial charge in [-0.3, -0.25) is 9.47 Å². The first-order chi connectivity index (χ1) is 11.1. The van der Waals surface area contributed by atoms with Crippen molar-refractivity contribution in [2.45, 2.75) is 13.2 Å². The highest BCUT2D eigenvalue weighted by Gasteiger charge is 2.07. The Kier molecular flexibility index (Phi) is 4.64. The van der Waals surface area contributed by atoms with Crippen molar-refractivity contribution in [2.75, 3.05) is 7.05 Å². The Bertz CT molecular complexity index is 824. The summed E-state index contributed by atoms with van der Waals surface area (Å²) in [4.78, 5) is 2.07. The fourth-order valence-corrected chi connectivity index (χ4v) is 2.64. The van der Waals surface area contributed by atoms with Gasteiger partial charge in [-0.2, -0.15) is 5.10 Å². The van der Waals surface area contributed by atoms with Crippen LogP contribution in [0.15, 0.2) is 60.9 Å². The van der Waals surface area contributed by atoms with E-state index in [2.05, 4.69) is 10.00 Å². The number of rotatable bonds is 5. The zero-order valence-corrected chi connectivity index (χ0v) is 13.6. The smallest absolute Gasteiger partial charge is 0.203 e. The lowest BCUT2D eigenvalue weighted by Crippen LogP contribution is -2.22. The van der Waals surface area contributed by atoms with E-state index in [9.17, 15) is 4.39 Å². The summed E-state index contributed by atoms with van der Waals surface area (Å²) in [5, 5.41) is 4.36. The van der Waals surface area contributed by atoms with E-state index in [1.54, 1.807) is 23.1 Å². The largest absolute Gasteiger partial charge is 0.283 e. The molecule has 3 aromatic rings. The van der Waals surface area contributed by atoms with Gasteiger partial charge in [0.1, 0.15) is 12.1 Å². The van der Waals surface area contributed by atoms with Crippen molar-refractivity contribution in [3.05, 3.63) is 77.1 Å². The van der Waals surface area contributed by atoms with Gasteiger partial charge in [0.15, 0.2) is 0 Å². The number of halogens is 1. The summed E-state index contributed by atoms with van der Waals surface area (Å²) in [6.45, 7) is 1.26. The van der Waals surface area contributed by atoms with Crippen LogP contribution >= 0.6 is 12.2 Å². The van der Waals surface area contributed by atoms with Gasteiger partial charge >= 0.3 is 0 Å². The molecular formula is C17H17FN4S. The second kappa shape index (κ2) is 6.85. The van der Waals surface area contributed by atoms with Crippen molar-refractivity contribution in [1.29, 1.82) is 0 Å². The Morgan fingerprint density at radius 3 is 2.48 bits per heavy atom. The van der Waals surface area contributed by atoms with Crippen LogP contribution in [0, 0.1) is 10.6 Å². The Hall–Kier alpha value is -2.31. The molecule has 0 aliphatic rings. The minimum absolute atomic E-state index is 0.222. The Morgan fingerprint density at radius 2 is 1.78 bits per heavy atom. The zero-order valence-electron chi connectivity index (χ0n) is 12.8. The van der Waals surface area contributed by atoms with Crippen molar-refractivity contribution in [2.24, 2.45) is 0 Å². The zero-order chi connectivity index (χ0) is 16.2. The summed E-state index contributed by atoms with van der Waals surface area (Å²) in [6, 6.07) is 16.4. The standard InChI is InChI=1S/C17H17FN4S/c1-20(11-14-7-9-15(18)10-8-14)13-22-17(23)21(12-19-22)16-5-3-2-4-6-16/h2-10,12H,11,13H2,1H3. The molecule has 0 atom stereocenters. The fourth-order valence-electron chi connectivity index (χ4n) is 2.38. The van der Waals surface area contributed by atoms with Crippen LogP contribution in [0.5, 0.6) is 0 Å². The van der Waals surface area contributed by atoms with Crippen LogP contribution in [0.25, 0.3) is 5.69 Å². The van der Waals surface area contributed by atoms with Crippen molar-refractivity contribution in [1.82, 2.24) is 19.2 Å². The van der Waals surface area contributed by atoms with Gasteiger partial charge < -0.3 is 0 Å². The van der Waals surface area contributed by atoms with Crippen LogP contribution in [0.2, 0.25) is 0 Å². The van der Waals surface area contributed by atoms with E-state index < -0.39 is 0 Å². The molecule has 4 nitrogen and oxygen atoms in total. The second-order valence-electron chi connectivity index (χ2n) is 5.40. The summed E-state index contributed by atoms with van der Waals surface area (Å²) in [5.41, 5.74) is 2.04. The number of nitrogens with zero attached hydrogens (tertiary/aromatic N) is 4. The molecule has 0 aliphatic heterocycles. The molecule has 0 unspecified atom stereocenters. The first-order valence-electron chi connectivity index (χ1n) is 7.26. The van der Waals surface area contributed by atoms with Gasteiger partial charge in [0.05, 0.1) is 6.67 Å². The van der Waals surface area contributed by atoms with Gasteiger partial charge in [0.2, 0.25) is 4.77 Å². The molecule has 6 heteroatoms. The van der Waals surface area contributed by atoms with Crippen LogP contribution in [-0.4, -0.2) is 26.3 Å². The number of benzene rings is 2. The molecule has 0 aliphatic carbocycles. The Morgan fingerprint density at radius 1 is 1.09 bits per heavy atom. The van der Waals surface area contributed by atoms with Gasteiger partial charge in [0, 0.05) is 12.2 Å². The third kappa shape index (κ3) is 3.72. The maximum absolute atomic E-state index is 12.9. The average molecular weight is 328 g/mol. The van der Waals surface area contributed by atoms with E-state index in [-0.39, 0.29) is 5.82 Å². The molecule has 0 spiro atoms. The van der Waals surface area contributed by atoms with Crippen LogP contribution < -0.4 is 0 Å². The van der Waals surface area contributed by atoms with Crippen LogP contribution in [0.3, 0.4) is 0 Å². The SMILES string of the molecule is CN(Cc1ccc(F)cc1)Cn1ncn(-c2ccccc2)c1=S. The molecule has 0 fully saturated rings. The van der Waals surface area contributed by atoms with Gasteiger partial charge in [-0.15, -0.1) is 0 Å². The predicted molar refractivity (Wildman–Crippen MR) is 90.3 cm³/mol. The highest BCUT2D eigenvalue weighted by molar-refractivity contribution is 7.71. The van der Waals surface area contributed by atoms with E-state index in [4.69, 9.17) is 12.2 Å². The van der Waals surface area contributed by atoms with Crippen molar-refractivity contribution >= 4 is 12.2 Å². The van der Waals surface area contributed by atoms with Crippen LogP contribution in [0.4, 0.5) is 4.39 Å². The number of hydrogen-bond acceptors (Lipinski definition) is 3. The number of aromatic nitrogens is 3. The lowest BCUT2D eigenvalue weighted by atomic mass is 10.2. The molecule has 3 rings (SSSR count). The maximum Gasteiger partial charge on any atom is 0.203 e. The van der Waals surface area contributed by atoms with Gasteiger partial charge in [-0.25, -0.2) is 9.07 Å². The molecule has 1 aromatic heterocycles. The highest BCUT2D eigenvalue weighted by Crippen LogP contribution is 2.09. The molecule has 0 N–H and O–H groups in total. The first kappa shape index (κ1) is 15.6. The quantitative estimate of drug-likeness (QED) is 0.669. The van der Waals surface area contributed by atoms with Gasteiger partial charge in [-0.05, 0) is 49.1 Å². The van der Waals surface area contributed by atoms with E-state index in [1.807, 2.05) is 41.9 Å². The molecule has 0 saturated heterocycles. The predicted octanol–water partition coefficient (Wildman–Crippen LogP) is 3.63. The molecule has 0 saturated carbocycles. The average Bonchev–Trinajstić information content (AvgIpc) is 2.91. The molecule has 0 radical (unpaired) electrons. The summed E-state index contributed by atoms with van der Waals surface area (Å²) in [7, 11) is 1.98. The highest BCUT2D eigenvalue weighted by atomic mass is 32.1.